The number of anilines is 1. The lowest BCUT2D eigenvalue weighted by Gasteiger charge is -2.16. The minimum absolute atomic E-state index is 0.00913. The summed E-state index contributed by atoms with van der Waals surface area (Å²) in [4.78, 5) is 29.2. The molecule has 0 saturated carbocycles. The fourth-order valence-corrected chi connectivity index (χ4v) is 2.90. The van der Waals surface area contributed by atoms with Gasteiger partial charge < -0.3 is 24.8 Å². The summed E-state index contributed by atoms with van der Waals surface area (Å²) in [5.74, 6) is 0.898. The van der Waals surface area contributed by atoms with Gasteiger partial charge in [-0.2, -0.15) is 4.98 Å². The second-order valence-corrected chi connectivity index (χ2v) is 6.35. The molecule has 3 aromatic rings. The molecule has 2 heterocycles. The lowest BCUT2D eigenvalue weighted by atomic mass is 10.3. The quantitative estimate of drug-likeness (QED) is 0.464. The van der Waals surface area contributed by atoms with E-state index in [2.05, 4.69) is 10.3 Å². The van der Waals surface area contributed by atoms with Gasteiger partial charge in [-0.05, 0) is 12.1 Å². The van der Waals surface area contributed by atoms with E-state index >= 15 is 0 Å². The maximum Gasteiger partial charge on any atom is 0.332 e. The van der Waals surface area contributed by atoms with Crippen molar-refractivity contribution in [3.8, 4) is 5.75 Å². The first-order valence-corrected chi connectivity index (χ1v) is 8.81. The first-order valence-electron chi connectivity index (χ1n) is 8.81. The van der Waals surface area contributed by atoms with Crippen molar-refractivity contribution >= 4 is 17.1 Å². The molecule has 28 heavy (non-hydrogen) atoms. The van der Waals surface area contributed by atoms with Crippen molar-refractivity contribution in [1.82, 2.24) is 18.7 Å². The van der Waals surface area contributed by atoms with Crippen molar-refractivity contribution in [2.45, 2.75) is 12.6 Å². The number of benzene rings is 1. The molecule has 0 aliphatic heterocycles. The van der Waals surface area contributed by atoms with Crippen molar-refractivity contribution in [3.63, 3.8) is 0 Å². The van der Waals surface area contributed by atoms with Crippen LogP contribution < -0.4 is 21.3 Å². The number of imidazole rings is 1. The van der Waals surface area contributed by atoms with Crippen molar-refractivity contribution in [2.75, 3.05) is 25.1 Å². The predicted molar refractivity (Wildman–Crippen MR) is 104 cm³/mol. The number of rotatable bonds is 8. The zero-order chi connectivity index (χ0) is 20.3. The Labute approximate surface area is 160 Å². The SMILES string of the molecule is Cn1c(=O)c2c(nc(NCCO)n2C[C@@H](O)COc2ccccc2)n(C)c1=O. The molecule has 3 N–H and O–H groups in total. The minimum Gasteiger partial charge on any atom is -0.491 e. The zero-order valence-electron chi connectivity index (χ0n) is 15.7. The molecule has 0 amide bonds. The lowest BCUT2D eigenvalue weighted by Crippen LogP contribution is -2.38. The second kappa shape index (κ2) is 8.28. The molecule has 0 radical (unpaired) electrons. The first kappa shape index (κ1) is 19.6. The Morgan fingerprint density at radius 2 is 1.89 bits per heavy atom. The number of aliphatic hydroxyl groups excluding tert-OH is 2. The van der Waals surface area contributed by atoms with Crippen LogP contribution >= 0.6 is 0 Å². The third kappa shape index (κ3) is 3.78. The molecule has 0 aliphatic rings. The Bertz CT molecular complexity index is 1070. The van der Waals surface area contributed by atoms with E-state index in [9.17, 15) is 14.7 Å². The van der Waals surface area contributed by atoms with E-state index in [4.69, 9.17) is 9.84 Å². The second-order valence-electron chi connectivity index (χ2n) is 6.35. The summed E-state index contributed by atoms with van der Waals surface area (Å²) in [7, 11) is 2.91. The maximum atomic E-state index is 12.7. The van der Waals surface area contributed by atoms with Gasteiger partial charge in [-0.25, -0.2) is 4.79 Å². The summed E-state index contributed by atoms with van der Waals surface area (Å²) in [6.45, 7) is 0.0910. The predicted octanol–water partition coefficient (Wildman–Crippen LogP) is -0.722. The van der Waals surface area contributed by atoms with Crippen LogP contribution in [0.3, 0.4) is 0 Å². The highest BCUT2D eigenvalue weighted by atomic mass is 16.5. The summed E-state index contributed by atoms with van der Waals surface area (Å²) < 4.78 is 9.33. The molecule has 150 valence electrons. The number of fused-ring (bicyclic) bond motifs is 1. The van der Waals surface area contributed by atoms with Crippen molar-refractivity contribution < 1.29 is 14.9 Å². The van der Waals surface area contributed by atoms with E-state index in [0.29, 0.717) is 5.75 Å². The van der Waals surface area contributed by atoms with Gasteiger partial charge in [0.05, 0.1) is 13.2 Å². The number of para-hydroxylation sites is 1. The summed E-state index contributed by atoms with van der Waals surface area (Å²) >= 11 is 0. The van der Waals surface area contributed by atoms with Crippen LogP contribution in [0.1, 0.15) is 0 Å². The molecule has 0 unspecified atom stereocenters. The van der Waals surface area contributed by atoms with Crippen molar-refractivity contribution in [2.24, 2.45) is 14.1 Å². The van der Waals surface area contributed by atoms with E-state index in [0.717, 1.165) is 4.57 Å². The fourth-order valence-electron chi connectivity index (χ4n) is 2.90. The van der Waals surface area contributed by atoms with E-state index in [1.165, 1.54) is 23.2 Å². The van der Waals surface area contributed by atoms with Crippen LogP contribution in [0.25, 0.3) is 11.2 Å². The third-order valence-corrected chi connectivity index (χ3v) is 4.32. The number of ether oxygens (including phenoxy) is 1. The standard InChI is InChI=1S/C18H23N5O5/c1-21-15-14(16(26)22(2)18(21)27)23(17(20-15)19-8-9-24)10-12(25)11-28-13-6-4-3-5-7-13/h3-7,12,24-25H,8-11H2,1-2H3,(H,19,20)/t12-/m1/s1. The van der Waals surface area contributed by atoms with Crippen LogP contribution in [-0.4, -0.2) is 54.8 Å². The van der Waals surface area contributed by atoms with Crippen LogP contribution in [-0.2, 0) is 20.6 Å². The Kier molecular flexibility index (Phi) is 5.81. The molecule has 1 aromatic carbocycles. The van der Waals surface area contributed by atoms with Gasteiger partial charge in [0.2, 0.25) is 5.95 Å². The molecule has 2 aromatic heterocycles. The molecular weight excluding hydrogens is 366 g/mol. The van der Waals surface area contributed by atoms with Crippen LogP contribution in [0.4, 0.5) is 5.95 Å². The number of hydrogen-bond donors (Lipinski definition) is 3. The summed E-state index contributed by atoms with van der Waals surface area (Å²) in [6, 6.07) is 9.07. The molecule has 0 spiro atoms. The molecule has 0 saturated heterocycles. The molecule has 1 atom stereocenters. The number of nitrogens with one attached hydrogen (secondary N) is 1. The Morgan fingerprint density at radius 1 is 1.18 bits per heavy atom. The van der Waals surface area contributed by atoms with Gasteiger partial charge in [0.15, 0.2) is 11.2 Å². The highest BCUT2D eigenvalue weighted by molar-refractivity contribution is 5.74. The molecule has 0 fully saturated rings. The molecule has 0 bridgehead atoms. The van der Waals surface area contributed by atoms with Crippen LogP contribution in [0.15, 0.2) is 39.9 Å². The summed E-state index contributed by atoms with van der Waals surface area (Å²) in [5.41, 5.74) is -0.629. The van der Waals surface area contributed by atoms with Gasteiger partial charge in [0.25, 0.3) is 5.56 Å². The van der Waals surface area contributed by atoms with Crippen LogP contribution in [0.2, 0.25) is 0 Å². The first-order chi connectivity index (χ1) is 13.4. The number of hydrogen-bond acceptors (Lipinski definition) is 7. The normalized spacial score (nSPS) is 12.3. The average molecular weight is 389 g/mol. The monoisotopic (exact) mass is 389 g/mol. The Balaban J connectivity index is 1.95. The van der Waals surface area contributed by atoms with Crippen LogP contribution in [0.5, 0.6) is 5.75 Å². The number of aliphatic hydroxyl groups is 2. The zero-order valence-corrected chi connectivity index (χ0v) is 15.7. The van der Waals surface area contributed by atoms with Gasteiger partial charge in [-0.15, -0.1) is 0 Å². The van der Waals surface area contributed by atoms with Gasteiger partial charge in [-0.3, -0.25) is 13.9 Å². The number of nitrogens with zero attached hydrogens (tertiary/aromatic N) is 4. The highest BCUT2D eigenvalue weighted by Crippen LogP contribution is 2.17. The number of aromatic nitrogens is 4. The van der Waals surface area contributed by atoms with E-state index in [1.54, 1.807) is 12.1 Å². The average Bonchev–Trinajstić information content (AvgIpc) is 3.06. The Morgan fingerprint density at radius 3 is 2.57 bits per heavy atom. The van der Waals surface area contributed by atoms with Gasteiger partial charge in [0.1, 0.15) is 18.5 Å². The van der Waals surface area contributed by atoms with Gasteiger partial charge >= 0.3 is 5.69 Å². The highest BCUT2D eigenvalue weighted by Gasteiger charge is 2.21. The molecule has 10 nitrogen and oxygen atoms in total. The smallest absolute Gasteiger partial charge is 0.332 e. The van der Waals surface area contributed by atoms with Crippen molar-refractivity contribution in [3.05, 3.63) is 51.2 Å². The Hall–Kier alpha value is -3.11. The van der Waals surface area contributed by atoms with E-state index in [-0.39, 0.29) is 43.4 Å². The molecule has 3 rings (SSSR count). The van der Waals surface area contributed by atoms with E-state index in [1.807, 2.05) is 18.2 Å². The van der Waals surface area contributed by atoms with Gasteiger partial charge in [0, 0.05) is 20.6 Å². The maximum absolute atomic E-state index is 12.7. The molecule has 0 aliphatic carbocycles. The third-order valence-electron chi connectivity index (χ3n) is 4.32. The topological polar surface area (TPSA) is 124 Å². The fraction of sp³-hybridized carbons (Fsp3) is 0.389. The summed E-state index contributed by atoms with van der Waals surface area (Å²) in [6.07, 6.45) is -0.936. The van der Waals surface area contributed by atoms with Crippen LogP contribution in [0, 0.1) is 0 Å². The lowest BCUT2D eigenvalue weighted by molar-refractivity contribution is 0.0938. The van der Waals surface area contributed by atoms with Gasteiger partial charge in [-0.1, -0.05) is 18.2 Å². The largest absolute Gasteiger partial charge is 0.491 e. The van der Waals surface area contributed by atoms with Crippen molar-refractivity contribution in [1.29, 1.82) is 0 Å². The summed E-state index contributed by atoms with van der Waals surface area (Å²) in [5, 5.41) is 22.5. The molecular formula is C18H23N5O5. The number of aryl methyl sites for hydroxylation is 1. The molecule has 10 heteroatoms. The van der Waals surface area contributed by atoms with E-state index < -0.39 is 17.4 Å². The minimum atomic E-state index is -0.936.